The van der Waals surface area contributed by atoms with Crippen LogP contribution in [0.3, 0.4) is 0 Å². The molecule has 3 atom stereocenters. The molecule has 3 unspecified atom stereocenters. The first-order valence-corrected chi connectivity index (χ1v) is 6.36. The molecule has 4 N–H and O–H groups in total. The van der Waals surface area contributed by atoms with Crippen molar-refractivity contribution in [2.24, 2.45) is 22.8 Å². The number of hydrogen-bond acceptors (Lipinski definition) is 3. The molecule has 0 bridgehead atoms. The third kappa shape index (κ3) is 2.27. The van der Waals surface area contributed by atoms with E-state index in [9.17, 15) is 13.2 Å². The Bertz CT molecular complexity index is 427. The molecule has 108 valence electrons. The van der Waals surface area contributed by atoms with Crippen LogP contribution in [0.5, 0.6) is 0 Å². The highest BCUT2D eigenvalue weighted by atomic mass is 19.4. The van der Waals surface area contributed by atoms with Crippen molar-refractivity contribution in [3.8, 4) is 0 Å². The van der Waals surface area contributed by atoms with E-state index in [1.165, 1.54) is 6.08 Å². The van der Waals surface area contributed by atoms with Crippen LogP contribution in [-0.4, -0.2) is 37.3 Å². The fourth-order valence-electron chi connectivity index (χ4n) is 3.27. The number of allylic oxidation sites excluding steroid dienone is 2. The number of hydrogen-bond donors (Lipinski definition) is 2. The largest absolute Gasteiger partial charge is 0.413 e. The summed E-state index contributed by atoms with van der Waals surface area (Å²) in [5.74, 6) is -0.132. The van der Waals surface area contributed by atoms with E-state index in [-0.39, 0.29) is 5.92 Å². The molecule has 3 nitrogen and oxygen atoms in total. The van der Waals surface area contributed by atoms with Crippen molar-refractivity contribution in [2.45, 2.75) is 25.6 Å². The van der Waals surface area contributed by atoms with Gasteiger partial charge in [-0.2, -0.15) is 13.2 Å². The summed E-state index contributed by atoms with van der Waals surface area (Å²) in [4.78, 5) is 2.03. The quantitative estimate of drug-likeness (QED) is 0.764. The number of rotatable bonds is 1. The maximum Gasteiger partial charge on any atom is 0.413 e. The highest BCUT2D eigenvalue weighted by molar-refractivity contribution is 5.38. The average molecular weight is 275 g/mol. The molecule has 0 amide bonds. The second-order valence-corrected chi connectivity index (χ2v) is 5.75. The van der Waals surface area contributed by atoms with Gasteiger partial charge in [0.1, 0.15) is 0 Å². The Balaban J connectivity index is 2.44. The third-order valence-corrected chi connectivity index (χ3v) is 4.57. The van der Waals surface area contributed by atoms with E-state index in [0.717, 1.165) is 12.6 Å². The maximum absolute atomic E-state index is 13.3. The molecule has 0 saturated carbocycles. The Morgan fingerprint density at radius 2 is 2.00 bits per heavy atom. The van der Waals surface area contributed by atoms with Gasteiger partial charge < -0.3 is 16.4 Å². The van der Waals surface area contributed by atoms with Crippen LogP contribution >= 0.6 is 0 Å². The molecule has 0 aromatic carbocycles. The van der Waals surface area contributed by atoms with Gasteiger partial charge in [-0.1, -0.05) is 13.0 Å². The molecule has 0 radical (unpaired) electrons. The first kappa shape index (κ1) is 14.4. The molecular weight excluding hydrogens is 255 g/mol. The lowest BCUT2D eigenvalue weighted by molar-refractivity contribution is -0.112. The molecule has 1 heterocycles. The van der Waals surface area contributed by atoms with E-state index in [2.05, 4.69) is 0 Å². The topological polar surface area (TPSA) is 55.3 Å². The van der Waals surface area contributed by atoms with Gasteiger partial charge in [0.25, 0.3) is 0 Å². The molecule has 6 heteroatoms. The normalized spacial score (nSPS) is 37.2. The number of nitrogens with zero attached hydrogens (tertiary/aromatic N) is 1. The summed E-state index contributed by atoms with van der Waals surface area (Å²) in [6, 6.07) is -0.786. The van der Waals surface area contributed by atoms with Crippen molar-refractivity contribution in [3.63, 3.8) is 0 Å². The SMILES string of the molecule is CN1CCC(C2(C)C(C(F)(F)F)=CC=C(N)C2N)C1. The molecule has 0 aromatic rings. The van der Waals surface area contributed by atoms with Gasteiger partial charge in [0.05, 0.1) is 6.04 Å². The lowest BCUT2D eigenvalue weighted by Crippen LogP contribution is -2.53. The minimum atomic E-state index is -4.37. The minimum absolute atomic E-state index is 0.132. The van der Waals surface area contributed by atoms with Gasteiger partial charge in [-0.05, 0) is 32.0 Å². The first-order chi connectivity index (χ1) is 8.67. The Morgan fingerprint density at radius 1 is 1.37 bits per heavy atom. The fraction of sp³-hybridized carbons (Fsp3) is 0.692. The lowest BCUT2D eigenvalue weighted by atomic mass is 9.63. The summed E-state index contributed by atoms with van der Waals surface area (Å²) >= 11 is 0. The summed E-state index contributed by atoms with van der Waals surface area (Å²) in [5, 5.41) is 0. The van der Waals surface area contributed by atoms with Crippen LogP contribution in [0.15, 0.2) is 23.4 Å². The van der Waals surface area contributed by atoms with Gasteiger partial charge in [0, 0.05) is 23.2 Å². The van der Waals surface area contributed by atoms with E-state index >= 15 is 0 Å². The Kier molecular flexibility index (Phi) is 3.43. The summed E-state index contributed by atoms with van der Waals surface area (Å²) < 4.78 is 39.8. The lowest BCUT2D eigenvalue weighted by Gasteiger charge is -2.45. The van der Waals surface area contributed by atoms with Crippen molar-refractivity contribution in [1.82, 2.24) is 4.90 Å². The first-order valence-electron chi connectivity index (χ1n) is 6.36. The Hall–Kier alpha value is -1.01. The van der Waals surface area contributed by atoms with Crippen LogP contribution in [0.25, 0.3) is 0 Å². The van der Waals surface area contributed by atoms with Crippen LogP contribution in [0.4, 0.5) is 13.2 Å². The summed E-state index contributed by atoms with van der Waals surface area (Å²) in [7, 11) is 1.91. The van der Waals surface area contributed by atoms with Gasteiger partial charge in [-0.3, -0.25) is 0 Å². The molecule has 0 aromatic heterocycles. The standard InChI is InChI=1S/C13H20F3N3/c1-12(8-5-6-19(2)7-8)10(13(14,15)16)4-3-9(17)11(12)18/h3-4,8,11H,5-7,17-18H2,1-2H3. The van der Waals surface area contributed by atoms with E-state index in [4.69, 9.17) is 11.5 Å². The van der Waals surface area contributed by atoms with Gasteiger partial charge in [-0.15, -0.1) is 0 Å². The van der Waals surface area contributed by atoms with Crippen molar-refractivity contribution in [2.75, 3.05) is 20.1 Å². The average Bonchev–Trinajstić information content (AvgIpc) is 2.71. The van der Waals surface area contributed by atoms with E-state index in [1.54, 1.807) is 6.92 Å². The molecule has 2 rings (SSSR count). The van der Waals surface area contributed by atoms with Gasteiger partial charge in [-0.25, -0.2) is 0 Å². The van der Waals surface area contributed by atoms with Crippen molar-refractivity contribution < 1.29 is 13.2 Å². The van der Waals surface area contributed by atoms with E-state index in [1.807, 2.05) is 11.9 Å². The minimum Gasteiger partial charge on any atom is -0.401 e. The molecule has 19 heavy (non-hydrogen) atoms. The van der Waals surface area contributed by atoms with E-state index in [0.29, 0.717) is 18.7 Å². The smallest absolute Gasteiger partial charge is 0.401 e. The van der Waals surface area contributed by atoms with Crippen molar-refractivity contribution in [1.29, 1.82) is 0 Å². The predicted octanol–water partition coefficient (Wildman–Crippen LogP) is 1.62. The summed E-state index contributed by atoms with van der Waals surface area (Å²) in [6.07, 6.45) is -1.28. The Morgan fingerprint density at radius 3 is 2.47 bits per heavy atom. The second-order valence-electron chi connectivity index (χ2n) is 5.75. The molecule has 1 fully saturated rings. The number of halogens is 3. The van der Waals surface area contributed by atoms with Crippen molar-refractivity contribution >= 4 is 0 Å². The number of likely N-dealkylation sites (tertiary alicyclic amines) is 1. The van der Waals surface area contributed by atoms with Crippen LogP contribution in [0, 0.1) is 11.3 Å². The molecule has 0 spiro atoms. The van der Waals surface area contributed by atoms with Crippen LogP contribution < -0.4 is 11.5 Å². The monoisotopic (exact) mass is 275 g/mol. The van der Waals surface area contributed by atoms with E-state index < -0.39 is 23.2 Å². The highest BCUT2D eigenvalue weighted by Crippen LogP contribution is 2.51. The zero-order chi connectivity index (χ0) is 14.4. The molecule has 2 aliphatic rings. The summed E-state index contributed by atoms with van der Waals surface area (Å²) in [6.45, 7) is 3.01. The number of nitrogens with two attached hydrogens (primary N) is 2. The van der Waals surface area contributed by atoms with Crippen molar-refractivity contribution in [3.05, 3.63) is 23.4 Å². The zero-order valence-electron chi connectivity index (χ0n) is 11.2. The Labute approximate surface area is 111 Å². The second kappa shape index (κ2) is 4.52. The predicted molar refractivity (Wildman–Crippen MR) is 68.1 cm³/mol. The molecular formula is C13H20F3N3. The third-order valence-electron chi connectivity index (χ3n) is 4.57. The van der Waals surface area contributed by atoms with Gasteiger partial charge in [0.2, 0.25) is 0 Å². The van der Waals surface area contributed by atoms with Gasteiger partial charge >= 0.3 is 6.18 Å². The molecule has 1 aliphatic heterocycles. The van der Waals surface area contributed by atoms with Gasteiger partial charge in [0.15, 0.2) is 0 Å². The molecule has 1 aliphatic carbocycles. The maximum atomic E-state index is 13.3. The zero-order valence-corrected chi connectivity index (χ0v) is 11.2. The number of alkyl halides is 3. The van der Waals surface area contributed by atoms with Crippen LogP contribution in [0.1, 0.15) is 13.3 Å². The summed E-state index contributed by atoms with van der Waals surface area (Å²) in [5.41, 5.74) is 10.4. The highest BCUT2D eigenvalue weighted by Gasteiger charge is 2.54. The van der Waals surface area contributed by atoms with Crippen LogP contribution in [-0.2, 0) is 0 Å². The van der Waals surface area contributed by atoms with Crippen LogP contribution in [0.2, 0.25) is 0 Å². The molecule has 1 saturated heterocycles. The fourth-order valence-corrected chi connectivity index (χ4v) is 3.27.